The molecule has 0 atom stereocenters. The second kappa shape index (κ2) is 6.11. The molecule has 1 aromatic carbocycles. The van der Waals surface area contributed by atoms with Crippen molar-refractivity contribution in [2.45, 2.75) is 19.8 Å². The van der Waals surface area contributed by atoms with Gasteiger partial charge in [-0.2, -0.15) is 0 Å². The number of aromatic nitrogens is 1. The van der Waals surface area contributed by atoms with Gasteiger partial charge in [0.25, 0.3) is 0 Å². The molecule has 3 nitrogen and oxygen atoms in total. The fraction of sp³-hybridized carbons (Fsp3) is 0.231. The van der Waals surface area contributed by atoms with E-state index in [4.69, 9.17) is 0 Å². The average molecular weight is 325 g/mol. The second-order valence-corrected chi connectivity index (χ2v) is 5.62. The predicted molar refractivity (Wildman–Crippen MR) is 78.8 cm³/mol. The lowest BCUT2D eigenvalue weighted by Gasteiger charge is -1.99. The first-order chi connectivity index (χ1) is 8.69. The van der Waals surface area contributed by atoms with Crippen molar-refractivity contribution in [1.29, 1.82) is 0 Å². The van der Waals surface area contributed by atoms with Gasteiger partial charge in [-0.15, -0.1) is 11.3 Å². The van der Waals surface area contributed by atoms with Gasteiger partial charge in [-0.3, -0.25) is 4.79 Å². The normalized spacial score (nSPS) is 10.3. The summed E-state index contributed by atoms with van der Waals surface area (Å²) in [5.41, 5.74) is 1.92. The molecule has 1 amide bonds. The molecule has 0 bridgehead atoms. The summed E-state index contributed by atoms with van der Waals surface area (Å²) in [7, 11) is 0. The summed E-state index contributed by atoms with van der Waals surface area (Å²) in [5, 5.41) is 5.41. The van der Waals surface area contributed by atoms with Gasteiger partial charge in [0.2, 0.25) is 5.91 Å². The highest BCUT2D eigenvalue weighted by Gasteiger charge is 2.07. The molecule has 0 saturated carbocycles. The number of carbonyl (C=O) groups excluding carboxylic acids is 1. The molecule has 0 radical (unpaired) electrons. The van der Waals surface area contributed by atoms with Gasteiger partial charge in [0, 0.05) is 21.8 Å². The number of anilines is 1. The zero-order valence-corrected chi connectivity index (χ0v) is 12.3. The van der Waals surface area contributed by atoms with E-state index in [0.717, 1.165) is 22.2 Å². The lowest BCUT2D eigenvalue weighted by Crippen LogP contribution is -2.10. The maximum absolute atomic E-state index is 11.5. The molecular weight excluding hydrogens is 312 g/mol. The summed E-state index contributed by atoms with van der Waals surface area (Å²) in [6.07, 6.45) is 1.38. The molecule has 0 fully saturated rings. The standard InChI is InChI=1S/C13H13BrN2OS/c1-2-4-12(17)16-13-15-11(8-18-13)9-5-3-6-10(14)7-9/h3,5-8H,2,4H2,1H3,(H,15,16,17). The molecule has 0 aliphatic rings. The van der Waals surface area contributed by atoms with E-state index in [1.165, 1.54) is 11.3 Å². The monoisotopic (exact) mass is 324 g/mol. The zero-order chi connectivity index (χ0) is 13.0. The lowest BCUT2D eigenvalue weighted by atomic mass is 10.2. The van der Waals surface area contributed by atoms with E-state index in [2.05, 4.69) is 26.2 Å². The molecule has 0 aliphatic heterocycles. The van der Waals surface area contributed by atoms with Crippen molar-refractivity contribution in [3.63, 3.8) is 0 Å². The van der Waals surface area contributed by atoms with Crippen LogP contribution in [0, 0.1) is 0 Å². The molecule has 0 unspecified atom stereocenters. The number of rotatable bonds is 4. The maximum Gasteiger partial charge on any atom is 0.226 e. The second-order valence-electron chi connectivity index (χ2n) is 3.85. The molecule has 0 aliphatic carbocycles. The van der Waals surface area contributed by atoms with Gasteiger partial charge in [0.1, 0.15) is 0 Å². The number of nitrogens with zero attached hydrogens (tertiary/aromatic N) is 1. The molecule has 0 saturated heterocycles. The minimum absolute atomic E-state index is 0.0210. The van der Waals surface area contributed by atoms with E-state index in [0.29, 0.717) is 11.6 Å². The zero-order valence-electron chi connectivity index (χ0n) is 9.94. The van der Waals surface area contributed by atoms with Gasteiger partial charge in [0.15, 0.2) is 5.13 Å². The van der Waals surface area contributed by atoms with E-state index in [9.17, 15) is 4.79 Å². The van der Waals surface area contributed by atoms with Crippen molar-refractivity contribution in [3.05, 3.63) is 34.1 Å². The quantitative estimate of drug-likeness (QED) is 0.910. The third kappa shape index (κ3) is 3.40. The van der Waals surface area contributed by atoms with Crippen LogP contribution in [-0.4, -0.2) is 10.9 Å². The third-order valence-electron chi connectivity index (χ3n) is 2.35. The Labute approximate surface area is 118 Å². The highest BCUT2D eigenvalue weighted by atomic mass is 79.9. The third-order valence-corrected chi connectivity index (χ3v) is 3.60. The first kappa shape index (κ1) is 13.2. The van der Waals surface area contributed by atoms with Gasteiger partial charge in [-0.1, -0.05) is 35.0 Å². The highest BCUT2D eigenvalue weighted by molar-refractivity contribution is 9.10. The first-order valence-corrected chi connectivity index (χ1v) is 7.37. The molecule has 18 heavy (non-hydrogen) atoms. The Balaban J connectivity index is 2.13. The number of carbonyl (C=O) groups is 1. The van der Waals surface area contributed by atoms with Crippen molar-refractivity contribution in [2.75, 3.05) is 5.32 Å². The van der Waals surface area contributed by atoms with Gasteiger partial charge in [-0.05, 0) is 18.6 Å². The molecule has 0 spiro atoms. The summed E-state index contributed by atoms with van der Waals surface area (Å²) in [5.74, 6) is 0.0210. The summed E-state index contributed by atoms with van der Waals surface area (Å²) < 4.78 is 1.02. The van der Waals surface area contributed by atoms with Crippen LogP contribution in [0.1, 0.15) is 19.8 Å². The number of halogens is 1. The Kier molecular flexibility index (Phi) is 4.49. The van der Waals surface area contributed by atoms with Gasteiger partial charge < -0.3 is 5.32 Å². The number of benzene rings is 1. The Morgan fingerprint density at radius 2 is 2.33 bits per heavy atom. The van der Waals surface area contributed by atoms with Crippen molar-refractivity contribution in [1.82, 2.24) is 4.98 Å². The van der Waals surface area contributed by atoms with Crippen LogP contribution in [0.25, 0.3) is 11.3 Å². The highest BCUT2D eigenvalue weighted by Crippen LogP contribution is 2.26. The van der Waals surface area contributed by atoms with Crippen LogP contribution >= 0.6 is 27.3 Å². The van der Waals surface area contributed by atoms with E-state index in [1.807, 2.05) is 36.6 Å². The van der Waals surface area contributed by atoms with Crippen molar-refractivity contribution in [3.8, 4) is 11.3 Å². The number of thiazole rings is 1. The summed E-state index contributed by atoms with van der Waals surface area (Å²) in [6, 6.07) is 7.94. The summed E-state index contributed by atoms with van der Waals surface area (Å²) in [6.45, 7) is 1.98. The number of amides is 1. The molecule has 1 N–H and O–H groups in total. The largest absolute Gasteiger partial charge is 0.302 e. The molecule has 94 valence electrons. The molecule has 2 rings (SSSR count). The molecule has 2 aromatic rings. The van der Waals surface area contributed by atoms with E-state index in [1.54, 1.807) is 0 Å². The average Bonchev–Trinajstić information content (AvgIpc) is 2.78. The van der Waals surface area contributed by atoms with Crippen molar-refractivity contribution < 1.29 is 4.79 Å². The van der Waals surface area contributed by atoms with Crippen LogP contribution in [-0.2, 0) is 4.79 Å². The number of hydrogen-bond donors (Lipinski definition) is 1. The van der Waals surface area contributed by atoms with Crippen LogP contribution in [0.3, 0.4) is 0 Å². The van der Waals surface area contributed by atoms with E-state index in [-0.39, 0.29) is 5.91 Å². The Bertz CT molecular complexity index is 553. The van der Waals surface area contributed by atoms with Crippen molar-refractivity contribution in [2.24, 2.45) is 0 Å². The SMILES string of the molecule is CCCC(=O)Nc1nc(-c2cccc(Br)c2)cs1. The first-order valence-electron chi connectivity index (χ1n) is 5.70. The Hall–Kier alpha value is -1.20. The van der Waals surface area contributed by atoms with Crippen molar-refractivity contribution >= 4 is 38.3 Å². The fourth-order valence-corrected chi connectivity index (χ4v) is 2.66. The molecular formula is C13H13BrN2OS. The van der Waals surface area contributed by atoms with E-state index >= 15 is 0 Å². The fourth-order valence-electron chi connectivity index (χ4n) is 1.52. The Morgan fingerprint density at radius 3 is 3.06 bits per heavy atom. The minimum atomic E-state index is 0.0210. The minimum Gasteiger partial charge on any atom is -0.302 e. The van der Waals surface area contributed by atoms with E-state index < -0.39 is 0 Å². The van der Waals surface area contributed by atoms with Crippen LogP contribution in [0.15, 0.2) is 34.1 Å². The smallest absolute Gasteiger partial charge is 0.226 e. The van der Waals surface area contributed by atoms with Crippen LogP contribution in [0.4, 0.5) is 5.13 Å². The van der Waals surface area contributed by atoms with Gasteiger partial charge in [0.05, 0.1) is 5.69 Å². The Morgan fingerprint density at radius 1 is 1.50 bits per heavy atom. The number of hydrogen-bond acceptors (Lipinski definition) is 3. The molecule has 1 heterocycles. The summed E-state index contributed by atoms with van der Waals surface area (Å²) in [4.78, 5) is 15.9. The van der Waals surface area contributed by atoms with Gasteiger partial charge in [-0.25, -0.2) is 4.98 Å². The lowest BCUT2D eigenvalue weighted by molar-refractivity contribution is -0.116. The molecule has 1 aromatic heterocycles. The number of nitrogens with one attached hydrogen (secondary N) is 1. The van der Waals surface area contributed by atoms with Crippen LogP contribution in [0.5, 0.6) is 0 Å². The molecule has 5 heteroatoms. The van der Waals surface area contributed by atoms with Crippen LogP contribution in [0.2, 0.25) is 0 Å². The van der Waals surface area contributed by atoms with Gasteiger partial charge >= 0.3 is 0 Å². The maximum atomic E-state index is 11.5. The summed E-state index contributed by atoms with van der Waals surface area (Å²) >= 11 is 4.88. The predicted octanol–water partition coefficient (Wildman–Crippen LogP) is 4.31. The van der Waals surface area contributed by atoms with Crippen LogP contribution < -0.4 is 5.32 Å². The topological polar surface area (TPSA) is 42.0 Å².